The third-order valence-corrected chi connectivity index (χ3v) is 10.1. The molecule has 4 amide bonds. The van der Waals surface area contributed by atoms with Gasteiger partial charge in [0.2, 0.25) is 11.8 Å². The van der Waals surface area contributed by atoms with Gasteiger partial charge in [0.25, 0.3) is 11.8 Å². The number of rotatable bonds is 11. The van der Waals surface area contributed by atoms with Crippen molar-refractivity contribution in [3.8, 4) is 0 Å². The number of thiophene rings is 1. The number of thioether (sulfide) groups is 1. The first-order valence-corrected chi connectivity index (χ1v) is 17.8. The van der Waals surface area contributed by atoms with E-state index in [9.17, 15) is 24.0 Å². The molecule has 4 aromatic rings. The van der Waals surface area contributed by atoms with E-state index in [-0.39, 0.29) is 24.1 Å². The Bertz CT molecular complexity index is 1960. The number of ether oxygens (including phenoxy) is 1. The zero-order valence-corrected chi connectivity index (χ0v) is 29.8. The van der Waals surface area contributed by atoms with Gasteiger partial charge in [0.15, 0.2) is 0 Å². The third-order valence-electron chi connectivity index (χ3n) is 7.87. The maximum absolute atomic E-state index is 13.6. The van der Waals surface area contributed by atoms with Crippen molar-refractivity contribution in [2.24, 2.45) is 0 Å². The molecular formula is C38H38N4O6S2. The standard InChI is InChI=1S/C38H38N4O6S2/c1-5-48-38(47)33-30-17-18-42(25(4)43)22-32(30)50-37(33)41-34(44)24(3)49-29-16-10-15-28(21-29)39-36(46)31(20-26-12-9-11-23(2)19-26)40-35(45)27-13-7-6-8-14-27/h6-16,19-21,24H,5,17-18,22H2,1-4H3,(H,39,46)(H,40,45)(H,41,44)/b31-20+. The molecule has 2 heterocycles. The first-order valence-electron chi connectivity index (χ1n) is 16.1. The summed E-state index contributed by atoms with van der Waals surface area (Å²) < 4.78 is 5.32. The fraction of sp³-hybridized carbons (Fsp3) is 0.237. The predicted molar refractivity (Wildman–Crippen MR) is 197 cm³/mol. The zero-order valence-electron chi connectivity index (χ0n) is 28.2. The highest BCUT2D eigenvalue weighted by molar-refractivity contribution is 8.00. The van der Waals surface area contributed by atoms with Gasteiger partial charge in [-0.15, -0.1) is 23.1 Å². The van der Waals surface area contributed by atoms with Crippen molar-refractivity contribution >= 4 is 69.5 Å². The molecule has 0 fully saturated rings. The van der Waals surface area contributed by atoms with E-state index in [2.05, 4.69) is 16.0 Å². The predicted octanol–water partition coefficient (Wildman–Crippen LogP) is 6.67. The van der Waals surface area contributed by atoms with Crippen molar-refractivity contribution in [2.45, 2.75) is 50.8 Å². The van der Waals surface area contributed by atoms with E-state index >= 15 is 0 Å². The second-order valence-electron chi connectivity index (χ2n) is 11.6. The molecule has 10 nitrogen and oxygen atoms in total. The molecule has 1 aliphatic rings. The summed E-state index contributed by atoms with van der Waals surface area (Å²) in [6.45, 7) is 7.99. The van der Waals surface area contributed by atoms with Crippen LogP contribution >= 0.6 is 23.1 Å². The van der Waals surface area contributed by atoms with E-state index in [1.807, 2.05) is 43.3 Å². The maximum Gasteiger partial charge on any atom is 0.341 e. The van der Waals surface area contributed by atoms with Crippen molar-refractivity contribution in [1.29, 1.82) is 0 Å². The summed E-state index contributed by atoms with van der Waals surface area (Å²) in [6, 6.07) is 23.3. The highest BCUT2D eigenvalue weighted by Crippen LogP contribution is 2.38. The quantitative estimate of drug-likeness (QED) is 0.0900. The van der Waals surface area contributed by atoms with E-state index < -0.39 is 23.0 Å². The third kappa shape index (κ3) is 9.07. The number of carbonyl (C=O) groups is 5. The van der Waals surface area contributed by atoms with Crippen molar-refractivity contribution in [1.82, 2.24) is 10.2 Å². The van der Waals surface area contributed by atoms with Crippen molar-refractivity contribution < 1.29 is 28.7 Å². The molecule has 50 heavy (non-hydrogen) atoms. The number of amides is 4. The molecular weight excluding hydrogens is 673 g/mol. The van der Waals surface area contributed by atoms with Gasteiger partial charge < -0.3 is 25.6 Å². The summed E-state index contributed by atoms with van der Waals surface area (Å²) in [5.74, 6) is -1.80. The number of aryl methyl sites for hydroxylation is 1. The second kappa shape index (κ2) is 16.5. The average molecular weight is 711 g/mol. The van der Waals surface area contributed by atoms with Gasteiger partial charge in [-0.3, -0.25) is 19.2 Å². The number of hydrogen-bond donors (Lipinski definition) is 3. The molecule has 0 aliphatic carbocycles. The first-order chi connectivity index (χ1) is 24.0. The number of fused-ring (bicyclic) bond motifs is 1. The topological polar surface area (TPSA) is 134 Å². The highest BCUT2D eigenvalue weighted by atomic mass is 32.2. The van der Waals surface area contributed by atoms with Gasteiger partial charge in [0, 0.05) is 34.5 Å². The van der Waals surface area contributed by atoms with Gasteiger partial charge in [-0.1, -0.05) is 54.1 Å². The Balaban J connectivity index is 1.30. The van der Waals surface area contributed by atoms with E-state index in [0.29, 0.717) is 41.3 Å². The minimum Gasteiger partial charge on any atom is -0.462 e. The number of carbonyl (C=O) groups excluding carboxylic acids is 5. The molecule has 3 aromatic carbocycles. The lowest BCUT2D eigenvalue weighted by atomic mass is 10.0. The van der Waals surface area contributed by atoms with Crippen LogP contribution in [0, 0.1) is 6.92 Å². The Morgan fingerprint density at radius 1 is 0.980 bits per heavy atom. The van der Waals surface area contributed by atoms with E-state index in [1.165, 1.54) is 30.0 Å². The van der Waals surface area contributed by atoms with Crippen LogP contribution in [0.5, 0.6) is 0 Å². The molecule has 0 radical (unpaired) electrons. The summed E-state index contributed by atoms with van der Waals surface area (Å²) in [5, 5.41) is 8.38. The molecule has 0 saturated carbocycles. The Hall–Kier alpha value is -5.20. The molecule has 258 valence electrons. The van der Waals surface area contributed by atoms with Gasteiger partial charge >= 0.3 is 5.97 Å². The molecule has 3 N–H and O–H groups in total. The number of hydrogen-bond acceptors (Lipinski definition) is 8. The molecule has 0 bridgehead atoms. The largest absolute Gasteiger partial charge is 0.462 e. The van der Waals surface area contributed by atoms with Gasteiger partial charge in [-0.2, -0.15) is 0 Å². The van der Waals surface area contributed by atoms with E-state index in [4.69, 9.17) is 4.74 Å². The molecule has 1 atom stereocenters. The smallest absolute Gasteiger partial charge is 0.341 e. The number of benzene rings is 3. The minimum absolute atomic E-state index is 0.0498. The minimum atomic E-state index is -0.578. The van der Waals surface area contributed by atoms with E-state index in [0.717, 1.165) is 26.5 Å². The fourth-order valence-electron chi connectivity index (χ4n) is 5.37. The van der Waals surface area contributed by atoms with Crippen LogP contribution in [0.4, 0.5) is 10.7 Å². The molecule has 1 unspecified atom stereocenters. The molecule has 1 aromatic heterocycles. The highest BCUT2D eigenvalue weighted by Gasteiger charge is 2.31. The number of anilines is 2. The number of nitrogens with zero attached hydrogens (tertiary/aromatic N) is 1. The summed E-state index contributed by atoms with van der Waals surface area (Å²) in [5.41, 5.74) is 3.86. The average Bonchev–Trinajstić information content (AvgIpc) is 3.45. The summed E-state index contributed by atoms with van der Waals surface area (Å²) in [6.07, 6.45) is 2.12. The SMILES string of the molecule is CCOC(=O)c1c(NC(=O)C(C)Sc2cccc(NC(=O)/C(=C\c3cccc(C)c3)NC(=O)c3ccccc3)c2)sc2c1CCN(C(C)=O)C2. The van der Waals surface area contributed by atoms with Crippen LogP contribution in [0.15, 0.2) is 89.5 Å². The summed E-state index contributed by atoms with van der Waals surface area (Å²) >= 11 is 2.57. The van der Waals surface area contributed by atoms with Gasteiger partial charge in [-0.05, 0) is 74.7 Å². The van der Waals surface area contributed by atoms with Crippen molar-refractivity contribution in [3.05, 3.63) is 117 Å². The van der Waals surface area contributed by atoms with Crippen LogP contribution < -0.4 is 16.0 Å². The lowest BCUT2D eigenvalue weighted by Gasteiger charge is -2.25. The normalized spacial score (nSPS) is 13.1. The van der Waals surface area contributed by atoms with E-state index in [1.54, 1.807) is 67.3 Å². The Morgan fingerprint density at radius 3 is 2.46 bits per heavy atom. The molecule has 0 spiro atoms. The Morgan fingerprint density at radius 2 is 1.74 bits per heavy atom. The molecule has 12 heteroatoms. The van der Waals surface area contributed by atoms with Crippen LogP contribution in [-0.4, -0.2) is 52.9 Å². The van der Waals surface area contributed by atoms with Crippen molar-refractivity contribution in [2.75, 3.05) is 23.8 Å². The van der Waals surface area contributed by atoms with Crippen LogP contribution in [0.1, 0.15) is 63.1 Å². The maximum atomic E-state index is 13.6. The van der Waals surface area contributed by atoms with Crippen LogP contribution in [0.2, 0.25) is 0 Å². The Labute approximate surface area is 299 Å². The zero-order chi connectivity index (χ0) is 35.8. The lowest BCUT2D eigenvalue weighted by molar-refractivity contribution is -0.129. The fourth-order valence-corrected chi connectivity index (χ4v) is 7.55. The van der Waals surface area contributed by atoms with Gasteiger partial charge in [0.1, 0.15) is 10.7 Å². The van der Waals surface area contributed by atoms with Crippen LogP contribution in [-0.2, 0) is 32.1 Å². The Kier molecular flexibility index (Phi) is 11.9. The van der Waals surface area contributed by atoms with Crippen molar-refractivity contribution in [3.63, 3.8) is 0 Å². The second-order valence-corrected chi connectivity index (χ2v) is 14.2. The van der Waals surface area contributed by atoms with Crippen LogP contribution in [0.25, 0.3) is 6.08 Å². The summed E-state index contributed by atoms with van der Waals surface area (Å²) in [4.78, 5) is 68.3. The molecule has 1 aliphatic heterocycles. The van der Waals surface area contributed by atoms with Crippen LogP contribution in [0.3, 0.4) is 0 Å². The lowest BCUT2D eigenvalue weighted by Crippen LogP contribution is -2.34. The van der Waals surface area contributed by atoms with Gasteiger partial charge in [0.05, 0.1) is 24.0 Å². The number of esters is 1. The molecule has 0 saturated heterocycles. The first kappa shape index (κ1) is 36.1. The number of nitrogens with one attached hydrogen (secondary N) is 3. The monoisotopic (exact) mass is 710 g/mol. The van der Waals surface area contributed by atoms with Gasteiger partial charge in [-0.25, -0.2) is 4.79 Å². The molecule has 5 rings (SSSR count). The summed E-state index contributed by atoms with van der Waals surface area (Å²) in [7, 11) is 0.